The summed E-state index contributed by atoms with van der Waals surface area (Å²) in [6.07, 6.45) is 1.78. The second kappa shape index (κ2) is 5.69. The van der Waals surface area contributed by atoms with Gasteiger partial charge in [-0.1, -0.05) is 49.7 Å². The molecular weight excluding hydrogens is 212 g/mol. The van der Waals surface area contributed by atoms with Gasteiger partial charge in [-0.05, 0) is 17.9 Å². The number of hydrogen-bond acceptors (Lipinski definition) is 2. The van der Waals surface area contributed by atoms with Crippen LogP contribution in [0.5, 0.6) is 5.75 Å². The van der Waals surface area contributed by atoms with Gasteiger partial charge in [0.2, 0.25) is 0 Å². The Hall–Kier alpha value is -1.54. The quantitative estimate of drug-likeness (QED) is 0.853. The molecule has 0 aliphatic carbocycles. The van der Waals surface area contributed by atoms with Gasteiger partial charge in [-0.15, -0.1) is 0 Å². The van der Waals surface area contributed by atoms with Gasteiger partial charge in [0, 0.05) is 5.39 Å². The lowest BCUT2D eigenvalue weighted by molar-refractivity contribution is 0.109. The van der Waals surface area contributed by atoms with Crippen molar-refractivity contribution in [2.75, 3.05) is 6.61 Å². The van der Waals surface area contributed by atoms with E-state index in [4.69, 9.17) is 4.74 Å². The summed E-state index contributed by atoms with van der Waals surface area (Å²) in [6, 6.07) is 14.1. The molecule has 0 heterocycles. The molecule has 0 bridgehead atoms. The molecule has 0 aliphatic rings. The molecule has 0 saturated heterocycles. The Bertz CT molecular complexity index is 474. The second-order valence-electron chi connectivity index (χ2n) is 4.19. The molecule has 2 rings (SSSR count). The zero-order chi connectivity index (χ0) is 12.1. The van der Waals surface area contributed by atoms with Crippen LogP contribution in [0.4, 0.5) is 0 Å². The molecular formula is C15H18O2. The van der Waals surface area contributed by atoms with E-state index in [1.807, 2.05) is 30.3 Å². The van der Waals surface area contributed by atoms with Crippen molar-refractivity contribution in [3.8, 4) is 5.75 Å². The van der Waals surface area contributed by atoms with Crippen LogP contribution >= 0.6 is 0 Å². The molecule has 2 aromatic carbocycles. The van der Waals surface area contributed by atoms with Crippen LogP contribution in [0.1, 0.15) is 19.8 Å². The molecule has 17 heavy (non-hydrogen) atoms. The van der Waals surface area contributed by atoms with Crippen molar-refractivity contribution in [1.29, 1.82) is 0 Å². The summed E-state index contributed by atoms with van der Waals surface area (Å²) < 4.78 is 5.87. The van der Waals surface area contributed by atoms with E-state index in [2.05, 4.69) is 19.1 Å². The summed E-state index contributed by atoms with van der Waals surface area (Å²) in [5, 5.41) is 11.5. The van der Waals surface area contributed by atoms with Gasteiger partial charge in [0.1, 0.15) is 11.9 Å². The molecule has 0 saturated carbocycles. The molecule has 1 N–H and O–H groups in total. The highest BCUT2D eigenvalue weighted by molar-refractivity contribution is 5.88. The number of fused-ring (bicyclic) bond motifs is 1. The van der Waals surface area contributed by atoms with Gasteiger partial charge in [0.05, 0.1) is 6.61 Å². The van der Waals surface area contributed by atoms with E-state index in [-0.39, 0.29) is 12.7 Å². The third-order valence-corrected chi connectivity index (χ3v) is 2.86. The van der Waals surface area contributed by atoms with E-state index in [9.17, 15) is 5.11 Å². The van der Waals surface area contributed by atoms with Crippen molar-refractivity contribution in [3.63, 3.8) is 0 Å². The first kappa shape index (κ1) is 11.9. The predicted octanol–water partition coefficient (Wildman–Crippen LogP) is 3.38. The van der Waals surface area contributed by atoms with E-state index >= 15 is 0 Å². The first-order valence-electron chi connectivity index (χ1n) is 6.10. The number of benzene rings is 2. The summed E-state index contributed by atoms with van der Waals surface area (Å²) in [7, 11) is 0. The summed E-state index contributed by atoms with van der Waals surface area (Å²) in [6.45, 7) is 2.16. The van der Waals surface area contributed by atoms with Gasteiger partial charge in [0.25, 0.3) is 0 Å². The standard InChI is InChI=1S/C15H18O2/c1-2-6-13(11-16)17-15-10-5-8-12-7-3-4-9-14(12)15/h3-5,7-10,13,16H,2,6,11H2,1H3. The Morgan fingerprint density at radius 1 is 1.12 bits per heavy atom. The lowest BCUT2D eigenvalue weighted by Crippen LogP contribution is -2.20. The van der Waals surface area contributed by atoms with Crippen molar-refractivity contribution in [2.24, 2.45) is 0 Å². The van der Waals surface area contributed by atoms with E-state index in [0.29, 0.717) is 0 Å². The van der Waals surface area contributed by atoms with E-state index < -0.39 is 0 Å². The molecule has 0 spiro atoms. The highest BCUT2D eigenvalue weighted by Gasteiger charge is 2.09. The zero-order valence-electron chi connectivity index (χ0n) is 10.1. The van der Waals surface area contributed by atoms with Crippen LogP contribution in [0, 0.1) is 0 Å². The highest BCUT2D eigenvalue weighted by Crippen LogP contribution is 2.26. The largest absolute Gasteiger partial charge is 0.487 e. The van der Waals surface area contributed by atoms with Gasteiger partial charge < -0.3 is 9.84 Å². The molecule has 2 aromatic rings. The predicted molar refractivity (Wildman–Crippen MR) is 70.4 cm³/mol. The molecule has 2 heteroatoms. The molecule has 0 radical (unpaired) electrons. The smallest absolute Gasteiger partial charge is 0.127 e. The molecule has 1 atom stereocenters. The van der Waals surface area contributed by atoms with Crippen LogP contribution in [0.2, 0.25) is 0 Å². The Morgan fingerprint density at radius 3 is 2.65 bits per heavy atom. The van der Waals surface area contributed by atoms with Gasteiger partial charge in [0.15, 0.2) is 0 Å². The molecule has 1 unspecified atom stereocenters. The third kappa shape index (κ3) is 2.77. The van der Waals surface area contributed by atoms with Crippen molar-refractivity contribution in [3.05, 3.63) is 42.5 Å². The van der Waals surface area contributed by atoms with Gasteiger partial charge in [-0.2, -0.15) is 0 Å². The second-order valence-corrected chi connectivity index (χ2v) is 4.19. The fourth-order valence-electron chi connectivity index (χ4n) is 1.99. The van der Waals surface area contributed by atoms with Crippen molar-refractivity contribution in [2.45, 2.75) is 25.9 Å². The summed E-state index contributed by atoms with van der Waals surface area (Å²) >= 11 is 0. The first-order chi connectivity index (χ1) is 8.35. The number of rotatable bonds is 5. The van der Waals surface area contributed by atoms with E-state index in [1.165, 1.54) is 0 Å². The van der Waals surface area contributed by atoms with Crippen LogP contribution in [0.3, 0.4) is 0 Å². The minimum atomic E-state index is -0.106. The van der Waals surface area contributed by atoms with Crippen LogP contribution < -0.4 is 4.74 Å². The maximum atomic E-state index is 9.27. The average molecular weight is 230 g/mol. The minimum absolute atomic E-state index is 0.0665. The molecule has 0 aromatic heterocycles. The zero-order valence-corrected chi connectivity index (χ0v) is 10.1. The van der Waals surface area contributed by atoms with E-state index in [1.54, 1.807) is 0 Å². The Kier molecular flexibility index (Phi) is 3.99. The van der Waals surface area contributed by atoms with Crippen LogP contribution in [-0.4, -0.2) is 17.8 Å². The monoisotopic (exact) mass is 230 g/mol. The fourth-order valence-corrected chi connectivity index (χ4v) is 1.99. The maximum absolute atomic E-state index is 9.27. The van der Waals surface area contributed by atoms with Crippen LogP contribution in [0.15, 0.2) is 42.5 Å². The molecule has 0 fully saturated rings. The SMILES string of the molecule is CCCC(CO)Oc1cccc2ccccc12. The molecule has 0 aliphatic heterocycles. The average Bonchev–Trinajstić information content (AvgIpc) is 2.38. The Morgan fingerprint density at radius 2 is 1.88 bits per heavy atom. The van der Waals surface area contributed by atoms with Crippen molar-refractivity contribution in [1.82, 2.24) is 0 Å². The number of hydrogen-bond donors (Lipinski definition) is 1. The van der Waals surface area contributed by atoms with Gasteiger partial charge >= 0.3 is 0 Å². The minimum Gasteiger partial charge on any atom is -0.487 e. The van der Waals surface area contributed by atoms with Crippen LogP contribution in [0.25, 0.3) is 10.8 Å². The van der Waals surface area contributed by atoms with Gasteiger partial charge in [-0.3, -0.25) is 0 Å². The fraction of sp³-hybridized carbons (Fsp3) is 0.333. The van der Waals surface area contributed by atoms with Crippen LogP contribution in [-0.2, 0) is 0 Å². The highest BCUT2D eigenvalue weighted by atomic mass is 16.5. The van der Waals surface area contributed by atoms with Crippen molar-refractivity contribution >= 4 is 10.8 Å². The topological polar surface area (TPSA) is 29.5 Å². The summed E-state index contributed by atoms with van der Waals surface area (Å²) in [5.41, 5.74) is 0. The third-order valence-electron chi connectivity index (χ3n) is 2.86. The normalized spacial score (nSPS) is 12.6. The number of aliphatic hydroxyl groups is 1. The maximum Gasteiger partial charge on any atom is 0.127 e. The Balaban J connectivity index is 2.28. The van der Waals surface area contributed by atoms with E-state index in [0.717, 1.165) is 29.4 Å². The van der Waals surface area contributed by atoms with Crippen molar-refractivity contribution < 1.29 is 9.84 Å². The molecule has 0 amide bonds. The Labute approximate surface area is 102 Å². The lowest BCUT2D eigenvalue weighted by atomic mass is 10.1. The number of aliphatic hydroxyl groups excluding tert-OH is 1. The summed E-state index contributed by atoms with van der Waals surface area (Å²) in [4.78, 5) is 0. The molecule has 2 nitrogen and oxygen atoms in total. The molecule has 90 valence electrons. The number of ether oxygens (including phenoxy) is 1. The lowest BCUT2D eigenvalue weighted by Gasteiger charge is -2.17. The first-order valence-corrected chi connectivity index (χ1v) is 6.10. The van der Waals surface area contributed by atoms with Gasteiger partial charge in [-0.25, -0.2) is 0 Å². The summed E-state index contributed by atoms with van der Waals surface area (Å²) in [5.74, 6) is 0.857.